The molecule has 0 radical (unpaired) electrons. The van der Waals surface area contributed by atoms with E-state index >= 15 is 0 Å². The number of aromatic nitrogens is 1. The van der Waals surface area contributed by atoms with Crippen LogP contribution in [-0.2, 0) is 27.4 Å². The number of methoxy groups -OCH3 is 2. The fourth-order valence-electron chi connectivity index (χ4n) is 2.34. The Balaban J connectivity index is 1.94. The maximum Gasteiger partial charge on any atom is 0.248 e. The van der Waals surface area contributed by atoms with Crippen LogP contribution in [0, 0.1) is 13.8 Å². The van der Waals surface area contributed by atoms with Crippen molar-refractivity contribution in [2.24, 2.45) is 0 Å². The molecular formula is C19H26N2O4S. The smallest absolute Gasteiger partial charge is 0.248 e. The van der Waals surface area contributed by atoms with E-state index < -0.39 is 0 Å². The number of rotatable bonds is 10. The van der Waals surface area contributed by atoms with Gasteiger partial charge in [0.15, 0.2) is 0 Å². The van der Waals surface area contributed by atoms with Crippen molar-refractivity contribution in [1.82, 2.24) is 9.88 Å². The number of carbonyl (C=O) groups excluding carboxylic acids is 1. The van der Waals surface area contributed by atoms with Crippen LogP contribution in [-0.4, -0.2) is 49.8 Å². The van der Waals surface area contributed by atoms with E-state index in [0.29, 0.717) is 26.3 Å². The van der Waals surface area contributed by atoms with Gasteiger partial charge in [-0.1, -0.05) is 6.07 Å². The van der Waals surface area contributed by atoms with Crippen molar-refractivity contribution in [2.75, 3.05) is 34.0 Å². The largest absolute Gasteiger partial charge is 0.486 e. The number of ether oxygens (including phenoxy) is 3. The predicted octanol–water partition coefficient (Wildman–Crippen LogP) is 2.96. The van der Waals surface area contributed by atoms with Crippen molar-refractivity contribution >= 4 is 17.2 Å². The topological polar surface area (TPSA) is 60.9 Å². The number of benzene rings is 1. The Labute approximate surface area is 158 Å². The molecule has 2 rings (SSSR count). The van der Waals surface area contributed by atoms with E-state index in [-0.39, 0.29) is 12.5 Å². The Morgan fingerprint density at radius 3 is 2.69 bits per heavy atom. The Morgan fingerprint density at radius 1 is 1.19 bits per heavy atom. The van der Waals surface area contributed by atoms with E-state index in [4.69, 9.17) is 14.2 Å². The highest BCUT2D eigenvalue weighted by atomic mass is 32.1. The fraction of sp³-hybridized carbons (Fsp3) is 0.474. The normalized spacial score (nSPS) is 10.8. The lowest BCUT2D eigenvalue weighted by Gasteiger charge is -2.21. The maximum atomic E-state index is 12.1. The van der Waals surface area contributed by atoms with Gasteiger partial charge in [0.25, 0.3) is 0 Å². The van der Waals surface area contributed by atoms with E-state index in [2.05, 4.69) is 18.8 Å². The molecular weight excluding hydrogens is 352 g/mol. The van der Waals surface area contributed by atoms with Gasteiger partial charge in [-0.25, -0.2) is 4.98 Å². The zero-order valence-corrected chi connectivity index (χ0v) is 16.6. The first kappa shape index (κ1) is 20.4. The molecule has 0 atom stereocenters. The van der Waals surface area contributed by atoms with E-state index in [1.54, 1.807) is 12.0 Å². The second-order valence-electron chi connectivity index (χ2n) is 6.01. The molecule has 1 aromatic carbocycles. The zero-order valence-electron chi connectivity index (χ0n) is 15.8. The van der Waals surface area contributed by atoms with Crippen LogP contribution in [0.25, 0.3) is 0 Å². The van der Waals surface area contributed by atoms with Gasteiger partial charge >= 0.3 is 0 Å². The molecule has 7 heteroatoms. The number of nitrogens with zero attached hydrogens (tertiary/aromatic N) is 2. The highest BCUT2D eigenvalue weighted by Crippen LogP contribution is 2.19. The summed E-state index contributed by atoms with van der Waals surface area (Å²) in [6, 6.07) is 6.04. The molecule has 2 aromatic rings. The van der Waals surface area contributed by atoms with E-state index in [9.17, 15) is 4.79 Å². The van der Waals surface area contributed by atoms with Crippen LogP contribution in [0.15, 0.2) is 23.6 Å². The monoisotopic (exact) mass is 378 g/mol. The molecule has 26 heavy (non-hydrogen) atoms. The number of carbonyl (C=O) groups is 1. The summed E-state index contributed by atoms with van der Waals surface area (Å²) in [5.41, 5.74) is 3.28. The van der Waals surface area contributed by atoms with Crippen LogP contribution >= 0.6 is 11.3 Å². The van der Waals surface area contributed by atoms with Crippen LogP contribution in [0.4, 0.5) is 0 Å². The van der Waals surface area contributed by atoms with Gasteiger partial charge in [0, 0.05) is 26.1 Å². The quantitative estimate of drug-likeness (QED) is 0.636. The lowest BCUT2D eigenvalue weighted by Crippen LogP contribution is -2.36. The number of hydrogen-bond acceptors (Lipinski definition) is 6. The lowest BCUT2D eigenvalue weighted by molar-refractivity contribution is -0.136. The molecule has 6 nitrogen and oxygen atoms in total. The van der Waals surface area contributed by atoms with E-state index in [1.807, 2.05) is 23.6 Å². The summed E-state index contributed by atoms with van der Waals surface area (Å²) >= 11 is 1.53. The first-order valence-electron chi connectivity index (χ1n) is 8.42. The zero-order chi connectivity index (χ0) is 18.9. The summed E-state index contributed by atoms with van der Waals surface area (Å²) in [7, 11) is 3.13. The predicted molar refractivity (Wildman–Crippen MR) is 102 cm³/mol. The van der Waals surface area contributed by atoms with Crippen molar-refractivity contribution in [1.29, 1.82) is 0 Å². The first-order valence-corrected chi connectivity index (χ1v) is 9.30. The van der Waals surface area contributed by atoms with Crippen LogP contribution in [0.1, 0.15) is 21.8 Å². The molecule has 1 aromatic heterocycles. The van der Waals surface area contributed by atoms with Crippen molar-refractivity contribution in [2.45, 2.75) is 27.0 Å². The van der Waals surface area contributed by atoms with Gasteiger partial charge in [-0.3, -0.25) is 4.79 Å². The summed E-state index contributed by atoms with van der Waals surface area (Å²) in [6.45, 7) is 6.02. The van der Waals surface area contributed by atoms with Crippen molar-refractivity contribution < 1.29 is 19.0 Å². The number of hydrogen-bond donors (Lipinski definition) is 0. The van der Waals surface area contributed by atoms with Crippen LogP contribution in [0.5, 0.6) is 5.75 Å². The van der Waals surface area contributed by atoms with Gasteiger partial charge in [-0.2, -0.15) is 0 Å². The molecule has 0 N–H and O–H groups in total. The molecule has 0 fully saturated rings. The fourth-order valence-corrected chi connectivity index (χ4v) is 3.04. The molecule has 0 unspecified atom stereocenters. The highest BCUT2D eigenvalue weighted by molar-refractivity contribution is 7.09. The Morgan fingerprint density at radius 2 is 2.00 bits per heavy atom. The van der Waals surface area contributed by atoms with Crippen molar-refractivity contribution in [3.8, 4) is 5.75 Å². The lowest BCUT2D eigenvalue weighted by atomic mass is 10.1. The van der Waals surface area contributed by atoms with Gasteiger partial charge in [0.2, 0.25) is 5.91 Å². The van der Waals surface area contributed by atoms with Gasteiger partial charge in [0.1, 0.15) is 24.0 Å². The molecule has 0 aliphatic heterocycles. The second-order valence-corrected chi connectivity index (χ2v) is 6.95. The third-order valence-electron chi connectivity index (χ3n) is 3.98. The van der Waals surface area contributed by atoms with Gasteiger partial charge in [-0.15, -0.1) is 11.3 Å². The number of amides is 1. The molecule has 142 valence electrons. The van der Waals surface area contributed by atoms with Crippen molar-refractivity contribution in [3.05, 3.63) is 45.4 Å². The SMILES string of the molecule is COCCN(Cc1csc(COc2ccc(C)c(C)c2)n1)C(=O)COC. The van der Waals surface area contributed by atoms with Crippen LogP contribution in [0.3, 0.4) is 0 Å². The van der Waals surface area contributed by atoms with Gasteiger partial charge in [-0.05, 0) is 37.1 Å². The second kappa shape index (κ2) is 10.3. The molecule has 1 amide bonds. The third-order valence-corrected chi connectivity index (χ3v) is 4.85. The molecule has 0 saturated carbocycles. The van der Waals surface area contributed by atoms with Gasteiger partial charge < -0.3 is 19.1 Å². The Hall–Kier alpha value is -1.96. The summed E-state index contributed by atoms with van der Waals surface area (Å²) in [5.74, 6) is 0.757. The summed E-state index contributed by atoms with van der Waals surface area (Å²) in [4.78, 5) is 18.4. The Kier molecular flexibility index (Phi) is 8.03. The minimum Gasteiger partial charge on any atom is -0.486 e. The van der Waals surface area contributed by atoms with E-state index in [1.165, 1.54) is 29.6 Å². The molecule has 0 spiro atoms. The summed E-state index contributed by atoms with van der Waals surface area (Å²) in [6.07, 6.45) is 0. The average Bonchev–Trinajstić information content (AvgIpc) is 3.07. The van der Waals surface area contributed by atoms with Crippen LogP contribution < -0.4 is 4.74 Å². The highest BCUT2D eigenvalue weighted by Gasteiger charge is 2.15. The Bertz CT molecular complexity index is 717. The minimum absolute atomic E-state index is 0.0522. The molecule has 1 heterocycles. The molecule has 0 bridgehead atoms. The maximum absolute atomic E-state index is 12.1. The van der Waals surface area contributed by atoms with Crippen molar-refractivity contribution in [3.63, 3.8) is 0 Å². The molecule has 0 saturated heterocycles. The minimum atomic E-state index is -0.0783. The van der Waals surface area contributed by atoms with Crippen LogP contribution in [0.2, 0.25) is 0 Å². The number of aryl methyl sites for hydroxylation is 2. The first-order chi connectivity index (χ1) is 12.5. The summed E-state index contributed by atoms with van der Waals surface area (Å²) < 4.78 is 15.8. The standard InChI is InChI=1S/C19H26N2O4S/c1-14-5-6-17(9-15(14)2)25-11-18-20-16(13-26-18)10-21(7-8-23-3)19(22)12-24-4/h5-6,9,13H,7-8,10-12H2,1-4H3. The van der Waals surface area contributed by atoms with Gasteiger partial charge in [0.05, 0.1) is 18.8 Å². The average molecular weight is 378 g/mol. The molecule has 0 aliphatic carbocycles. The molecule has 0 aliphatic rings. The third kappa shape index (κ3) is 6.09. The number of thiazole rings is 1. The summed E-state index contributed by atoms with van der Waals surface area (Å²) in [5, 5.41) is 2.84. The van der Waals surface area contributed by atoms with E-state index in [0.717, 1.165) is 16.5 Å².